The lowest BCUT2D eigenvalue weighted by molar-refractivity contribution is 0.0730. The minimum absolute atomic E-state index is 0.102. The summed E-state index contributed by atoms with van der Waals surface area (Å²) >= 11 is 0. The van der Waals surface area contributed by atoms with E-state index in [1.165, 1.54) is 33.3 Å². The second kappa shape index (κ2) is 10.1. The zero-order valence-corrected chi connectivity index (χ0v) is 17.7. The molecule has 0 unspecified atom stereocenters. The molecule has 0 atom stereocenters. The second-order valence-electron chi connectivity index (χ2n) is 6.95. The van der Waals surface area contributed by atoms with Crippen molar-refractivity contribution in [2.75, 3.05) is 39.5 Å². The third-order valence-corrected chi connectivity index (χ3v) is 6.62. The molecule has 1 saturated heterocycles. The molecule has 3 rings (SSSR count). The Morgan fingerprint density at radius 2 is 1.90 bits per heavy atom. The molecule has 2 heterocycles. The van der Waals surface area contributed by atoms with Gasteiger partial charge < -0.3 is 19.4 Å². The number of aryl methyl sites for hydroxylation is 1. The van der Waals surface area contributed by atoms with Crippen LogP contribution in [0.4, 0.5) is 4.39 Å². The molecule has 1 N–H and O–H groups in total. The number of nitrogens with one attached hydrogen (secondary N) is 1. The van der Waals surface area contributed by atoms with Crippen molar-refractivity contribution in [1.29, 1.82) is 0 Å². The largest absolute Gasteiger partial charge is 0.494 e. The summed E-state index contributed by atoms with van der Waals surface area (Å²) in [7, 11) is -2.00. The number of amides is 1. The molecule has 0 spiro atoms. The molecule has 1 aromatic carbocycles. The summed E-state index contributed by atoms with van der Waals surface area (Å²) < 4.78 is 51.9. The fourth-order valence-corrected chi connectivity index (χ4v) is 4.56. The van der Waals surface area contributed by atoms with Gasteiger partial charge in [0.05, 0.1) is 19.8 Å². The van der Waals surface area contributed by atoms with E-state index in [9.17, 15) is 17.6 Å². The van der Waals surface area contributed by atoms with E-state index in [2.05, 4.69) is 5.32 Å². The van der Waals surface area contributed by atoms with Crippen molar-refractivity contribution >= 4 is 15.9 Å². The first-order valence-corrected chi connectivity index (χ1v) is 11.2. The van der Waals surface area contributed by atoms with Crippen LogP contribution in [0.2, 0.25) is 0 Å². The number of hydrogen-bond acceptors (Lipinski definition) is 5. The van der Waals surface area contributed by atoms with Gasteiger partial charge in [0, 0.05) is 32.9 Å². The summed E-state index contributed by atoms with van der Waals surface area (Å²) in [5.74, 6) is -0.0507. The number of nitrogens with zero attached hydrogens (tertiary/aromatic N) is 2. The molecule has 8 nitrogen and oxygen atoms in total. The Morgan fingerprint density at radius 3 is 2.60 bits per heavy atom. The lowest BCUT2D eigenvalue weighted by Crippen LogP contribution is -2.40. The summed E-state index contributed by atoms with van der Waals surface area (Å²) in [6, 6.07) is 7.20. The van der Waals surface area contributed by atoms with Crippen LogP contribution >= 0.6 is 0 Å². The molecule has 0 aliphatic carbocycles. The molecule has 30 heavy (non-hydrogen) atoms. The van der Waals surface area contributed by atoms with Crippen molar-refractivity contribution in [3.05, 3.63) is 48.0 Å². The van der Waals surface area contributed by atoms with E-state index >= 15 is 0 Å². The molecular weight excluding hydrogens is 413 g/mol. The van der Waals surface area contributed by atoms with Crippen LogP contribution in [0.5, 0.6) is 5.75 Å². The summed E-state index contributed by atoms with van der Waals surface area (Å²) in [6.45, 7) is 2.22. The van der Waals surface area contributed by atoms with Crippen LogP contribution in [0.3, 0.4) is 0 Å². The van der Waals surface area contributed by atoms with Crippen molar-refractivity contribution in [2.45, 2.75) is 17.7 Å². The monoisotopic (exact) mass is 439 g/mol. The maximum Gasteiger partial charge on any atom is 0.267 e. The van der Waals surface area contributed by atoms with Gasteiger partial charge in [0.15, 0.2) is 0 Å². The van der Waals surface area contributed by atoms with Crippen LogP contribution in [0, 0.1) is 5.82 Å². The van der Waals surface area contributed by atoms with Gasteiger partial charge in [-0.3, -0.25) is 4.79 Å². The predicted octanol–water partition coefficient (Wildman–Crippen LogP) is 1.77. The van der Waals surface area contributed by atoms with Crippen molar-refractivity contribution in [1.82, 2.24) is 14.2 Å². The highest BCUT2D eigenvalue weighted by Crippen LogP contribution is 2.19. The average molecular weight is 440 g/mol. The maximum atomic E-state index is 12.8. The number of carbonyl (C=O) groups excluding carboxylic acids is 1. The van der Waals surface area contributed by atoms with Gasteiger partial charge in [-0.25, -0.2) is 12.8 Å². The number of sulfonamides is 1. The smallest absolute Gasteiger partial charge is 0.267 e. The minimum Gasteiger partial charge on any atom is -0.494 e. The Morgan fingerprint density at radius 1 is 1.20 bits per heavy atom. The SMILES string of the molecule is Cn1cc(S(=O)(=O)N2CCOCC2)cc1C(=O)NCCCCOc1ccc(F)cc1. The Bertz CT molecular complexity index is 953. The third-order valence-electron chi connectivity index (χ3n) is 4.76. The molecular formula is C20H26FN3O5S. The standard InChI is InChI=1S/C20H26FN3O5S/c1-23-15-18(30(26,27)24-9-12-28-13-10-24)14-19(23)20(25)22-8-2-3-11-29-17-6-4-16(21)5-7-17/h4-7,14-15H,2-3,8-13H2,1H3,(H,22,25). The third kappa shape index (κ3) is 5.59. The normalized spacial score (nSPS) is 15.1. The van der Waals surface area contributed by atoms with Crippen molar-refractivity contribution in [2.24, 2.45) is 7.05 Å². The van der Waals surface area contributed by atoms with Gasteiger partial charge in [-0.05, 0) is 43.2 Å². The second-order valence-corrected chi connectivity index (χ2v) is 8.89. The number of ether oxygens (including phenoxy) is 2. The highest BCUT2D eigenvalue weighted by atomic mass is 32.2. The Labute approximate surface area is 175 Å². The van der Waals surface area contributed by atoms with Gasteiger partial charge in [-0.15, -0.1) is 0 Å². The summed E-state index contributed by atoms with van der Waals surface area (Å²) in [5, 5.41) is 2.80. The first-order valence-electron chi connectivity index (χ1n) is 9.79. The molecule has 0 saturated carbocycles. The number of unbranched alkanes of at least 4 members (excludes halogenated alkanes) is 1. The minimum atomic E-state index is -3.65. The summed E-state index contributed by atoms with van der Waals surface area (Å²) in [6.07, 6.45) is 2.86. The molecule has 1 fully saturated rings. The van der Waals surface area contributed by atoms with Gasteiger partial charge in [-0.2, -0.15) is 4.31 Å². The number of carbonyl (C=O) groups is 1. The van der Waals surface area contributed by atoms with Crippen LogP contribution in [0.1, 0.15) is 23.3 Å². The molecule has 1 aliphatic heterocycles. The quantitative estimate of drug-likeness (QED) is 0.602. The van der Waals surface area contributed by atoms with Crippen molar-refractivity contribution < 1.29 is 27.1 Å². The first kappa shape index (κ1) is 22.3. The molecule has 2 aromatic rings. The zero-order chi connectivity index (χ0) is 21.6. The van der Waals surface area contributed by atoms with Gasteiger partial charge in [-0.1, -0.05) is 0 Å². The zero-order valence-electron chi connectivity index (χ0n) is 16.8. The van der Waals surface area contributed by atoms with Gasteiger partial charge in [0.1, 0.15) is 22.2 Å². The van der Waals surface area contributed by atoms with Crippen LogP contribution < -0.4 is 10.1 Å². The van der Waals surface area contributed by atoms with Crippen LogP contribution in [0.25, 0.3) is 0 Å². The lowest BCUT2D eigenvalue weighted by Gasteiger charge is -2.25. The number of benzene rings is 1. The van der Waals surface area contributed by atoms with E-state index in [4.69, 9.17) is 9.47 Å². The predicted molar refractivity (Wildman–Crippen MR) is 108 cm³/mol. The van der Waals surface area contributed by atoms with E-state index in [1.807, 2.05) is 0 Å². The van der Waals surface area contributed by atoms with E-state index in [1.54, 1.807) is 19.2 Å². The highest BCUT2D eigenvalue weighted by molar-refractivity contribution is 7.89. The molecule has 0 radical (unpaired) electrons. The Balaban J connectivity index is 1.45. The number of halogens is 1. The summed E-state index contributed by atoms with van der Waals surface area (Å²) in [5.41, 5.74) is 0.282. The fourth-order valence-electron chi connectivity index (χ4n) is 3.08. The van der Waals surface area contributed by atoms with Crippen molar-refractivity contribution in [3.63, 3.8) is 0 Å². The molecule has 164 valence electrons. The van der Waals surface area contributed by atoms with E-state index in [-0.39, 0.29) is 22.3 Å². The molecule has 1 aliphatic rings. The molecule has 0 bridgehead atoms. The van der Waals surface area contributed by atoms with Gasteiger partial charge >= 0.3 is 0 Å². The maximum absolute atomic E-state index is 12.8. The lowest BCUT2D eigenvalue weighted by atomic mass is 10.3. The van der Waals surface area contributed by atoms with Gasteiger partial charge in [0.25, 0.3) is 5.91 Å². The topological polar surface area (TPSA) is 89.9 Å². The van der Waals surface area contributed by atoms with E-state index in [0.717, 1.165) is 0 Å². The molecule has 1 aromatic heterocycles. The number of hydrogen-bond donors (Lipinski definition) is 1. The average Bonchev–Trinajstić information content (AvgIpc) is 3.15. The first-order chi connectivity index (χ1) is 14.4. The number of aromatic nitrogens is 1. The highest BCUT2D eigenvalue weighted by Gasteiger charge is 2.28. The summed E-state index contributed by atoms with van der Waals surface area (Å²) in [4.78, 5) is 12.5. The van der Waals surface area contributed by atoms with Crippen molar-refractivity contribution in [3.8, 4) is 5.75 Å². The van der Waals surface area contributed by atoms with Gasteiger partial charge in [0.2, 0.25) is 10.0 Å². The number of rotatable bonds is 9. The van der Waals surface area contributed by atoms with E-state index < -0.39 is 10.0 Å². The van der Waals surface area contributed by atoms with E-state index in [0.29, 0.717) is 58.0 Å². The molecule has 10 heteroatoms. The van der Waals surface area contributed by atoms with Crippen LogP contribution in [-0.4, -0.2) is 62.7 Å². The van der Waals surface area contributed by atoms with Crippen LogP contribution in [-0.2, 0) is 21.8 Å². The fraction of sp³-hybridized carbons (Fsp3) is 0.450. The van der Waals surface area contributed by atoms with Crippen LogP contribution in [0.15, 0.2) is 41.4 Å². The molecule has 1 amide bonds. The number of morpholine rings is 1. The Hall–Kier alpha value is -2.43. The Kier molecular flexibility index (Phi) is 7.46.